The summed E-state index contributed by atoms with van der Waals surface area (Å²) >= 11 is 5.47. The summed E-state index contributed by atoms with van der Waals surface area (Å²) in [7, 11) is 0. The van der Waals surface area contributed by atoms with Gasteiger partial charge in [-0.25, -0.2) is 0 Å². The highest BCUT2D eigenvalue weighted by atomic mass is 35.5. The molecule has 0 saturated heterocycles. The molecule has 0 amide bonds. The maximum atomic E-state index is 9.10. The van der Waals surface area contributed by atoms with Crippen LogP contribution in [-0.2, 0) is 5.88 Å². The van der Waals surface area contributed by atoms with E-state index in [2.05, 4.69) is 0 Å². The van der Waals surface area contributed by atoms with Gasteiger partial charge < -0.3 is 10.2 Å². The van der Waals surface area contributed by atoms with Crippen molar-refractivity contribution in [2.45, 2.75) is 19.7 Å². The zero-order valence-electron chi connectivity index (χ0n) is 10.5. The predicted octanol–water partition coefficient (Wildman–Crippen LogP) is 4.14. The minimum atomic E-state index is 0.271. The van der Waals surface area contributed by atoms with E-state index >= 15 is 0 Å². The molecule has 3 heteroatoms. The Bertz CT molecular complexity index is 489. The van der Waals surface area contributed by atoms with E-state index in [1.54, 1.807) is 24.3 Å². The Labute approximate surface area is 112 Å². The lowest BCUT2D eigenvalue weighted by atomic mass is 10.1. The summed E-state index contributed by atoms with van der Waals surface area (Å²) in [4.78, 5) is 0. The second-order valence-electron chi connectivity index (χ2n) is 3.98. The largest absolute Gasteiger partial charge is 0.508 e. The highest BCUT2D eigenvalue weighted by Gasteiger charge is 1.95. The number of halogens is 1. The van der Waals surface area contributed by atoms with Crippen LogP contribution in [0.1, 0.15) is 16.7 Å². The molecule has 96 valence electrons. The number of hydrogen-bond donors (Lipinski definition) is 2. The van der Waals surface area contributed by atoms with Crippen molar-refractivity contribution in [1.82, 2.24) is 0 Å². The van der Waals surface area contributed by atoms with Gasteiger partial charge >= 0.3 is 0 Å². The molecule has 0 saturated carbocycles. The van der Waals surface area contributed by atoms with E-state index in [9.17, 15) is 0 Å². The number of para-hydroxylation sites is 1. The highest BCUT2D eigenvalue weighted by molar-refractivity contribution is 6.17. The summed E-state index contributed by atoms with van der Waals surface area (Å²) in [5.41, 5.74) is 2.88. The van der Waals surface area contributed by atoms with Gasteiger partial charge in [0.2, 0.25) is 0 Å². The Balaban J connectivity index is 0.000000180. The van der Waals surface area contributed by atoms with Gasteiger partial charge in [-0.1, -0.05) is 30.3 Å². The molecular formula is C15H17ClO2. The van der Waals surface area contributed by atoms with Crippen LogP contribution < -0.4 is 0 Å². The van der Waals surface area contributed by atoms with Crippen LogP contribution >= 0.6 is 11.6 Å². The minimum absolute atomic E-state index is 0.271. The summed E-state index contributed by atoms with van der Waals surface area (Å²) in [5, 5.41) is 18.1. The van der Waals surface area contributed by atoms with Gasteiger partial charge in [-0.2, -0.15) is 0 Å². The average Bonchev–Trinajstić information content (AvgIpc) is 2.37. The molecule has 2 rings (SSSR count). The normalized spacial score (nSPS) is 9.50. The molecular weight excluding hydrogens is 248 g/mol. The van der Waals surface area contributed by atoms with E-state index in [1.807, 2.05) is 32.0 Å². The Hall–Kier alpha value is -1.67. The molecule has 0 aliphatic carbocycles. The number of alkyl halides is 1. The number of phenolic OH excluding ortho intramolecular Hbond substituents is 2. The van der Waals surface area contributed by atoms with Crippen molar-refractivity contribution in [1.29, 1.82) is 0 Å². The van der Waals surface area contributed by atoms with Crippen molar-refractivity contribution >= 4 is 11.6 Å². The van der Waals surface area contributed by atoms with Crippen LogP contribution in [-0.4, -0.2) is 10.2 Å². The zero-order chi connectivity index (χ0) is 13.5. The van der Waals surface area contributed by atoms with E-state index in [0.29, 0.717) is 11.6 Å². The third-order valence-corrected chi connectivity index (χ3v) is 3.00. The van der Waals surface area contributed by atoms with Gasteiger partial charge in [-0.05, 0) is 37.1 Å². The van der Waals surface area contributed by atoms with E-state index in [0.717, 1.165) is 16.7 Å². The fourth-order valence-electron chi connectivity index (χ4n) is 1.36. The maximum absolute atomic E-state index is 9.10. The van der Waals surface area contributed by atoms with Gasteiger partial charge in [-0.3, -0.25) is 0 Å². The molecule has 0 unspecified atom stereocenters. The number of phenols is 2. The molecule has 2 aromatic carbocycles. The topological polar surface area (TPSA) is 40.5 Å². The molecule has 0 aliphatic rings. The van der Waals surface area contributed by atoms with Crippen molar-refractivity contribution in [2.75, 3.05) is 0 Å². The van der Waals surface area contributed by atoms with Gasteiger partial charge in [0, 0.05) is 5.56 Å². The second-order valence-corrected chi connectivity index (χ2v) is 4.25. The number of rotatable bonds is 1. The van der Waals surface area contributed by atoms with Gasteiger partial charge in [0.15, 0.2) is 0 Å². The van der Waals surface area contributed by atoms with Crippen molar-refractivity contribution in [3.05, 3.63) is 59.2 Å². The molecule has 0 aliphatic heterocycles. The fourth-order valence-corrected chi connectivity index (χ4v) is 1.59. The second kappa shape index (κ2) is 6.92. The molecule has 0 fully saturated rings. The van der Waals surface area contributed by atoms with E-state index in [1.165, 1.54) is 0 Å². The predicted molar refractivity (Wildman–Crippen MR) is 75.2 cm³/mol. The SMILES string of the molecule is Cc1cccc(O)c1C.Oc1ccccc1CCl. The summed E-state index contributed by atoms with van der Waals surface area (Å²) in [6.45, 7) is 3.89. The van der Waals surface area contributed by atoms with Crippen LogP contribution in [0.5, 0.6) is 11.5 Å². The summed E-state index contributed by atoms with van der Waals surface area (Å²) in [6, 6.07) is 12.6. The lowest BCUT2D eigenvalue weighted by Crippen LogP contribution is -1.78. The van der Waals surface area contributed by atoms with Gasteiger partial charge in [-0.15, -0.1) is 11.6 Å². The minimum Gasteiger partial charge on any atom is -0.508 e. The lowest BCUT2D eigenvalue weighted by molar-refractivity contribution is 0.470. The molecule has 0 radical (unpaired) electrons. The van der Waals surface area contributed by atoms with Crippen LogP contribution in [0.25, 0.3) is 0 Å². The van der Waals surface area contributed by atoms with Crippen LogP contribution in [0.3, 0.4) is 0 Å². The molecule has 18 heavy (non-hydrogen) atoms. The number of benzene rings is 2. The Morgan fingerprint density at radius 1 is 0.889 bits per heavy atom. The first-order chi connectivity index (χ1) is 8.56. The summed E-state index contributed by atoms with van der Waals surface area (Å²) in [5.74, 6) is 1.02. The third kappa shape index (κ3) is 3.97. The molecule has 0 aromatic heterocycles. The van der Waals surface area contributed by atoms with Crippen LogP contribution in [0.4, 0.5) is 0 Å². The van der Waals surface area contributed by atoms with Crippen molar-refractivity contribution < 1.29 is 10.2 Å². The van der Waals surface area contributed by atoms with E-state index in [-0.39, 0.29) is 5.75 Å². The van der Waals surface area contributed by atoms with Gasteiger partial charge in [0.1, 0.15) is 11.5 Å². The molecule has 0 atom stereocenters. The van der Waals surface area contributed by atoms with Crippen LogP contribution in [0.2, 0.25) is 0 Å². The number of hydrogen-bond acceptors (Lipinski definition) is 2. The van der Waals surface area contributed by atoms with Crippen molar-refractivity contribution in [3.8, 4) is 11.5 Å². The summed E-state index contributed by atoms with van der Waals surface area (Å²) in [6.07, 6.45) is 0. The highest BCUT2D eigenvalue weighted by Crippen LogP contribution is 2.18. The maximum Gasteiger partial charge on any atom is 0.119 e. The van der Waals surface area contributed by atoms with E-state index < -0.39 is 0 Å². The number of aromatic hydroxyl groups is 2. The fraction of sp³-hybridized carbons (Fsp3) is 0.200. The number of aryl methyl sites for hydroxylation is 1. The van der Waals surface area contributed by atoms with Gasteiger partial charge in [0.25, 0.3) is 0 Å². The summed E-state index contributed by atoms with van der Waals surface area (Å²) < 4.78 is 0. The first-order valence-electron chi connectivity index (χ1n) is 5.64. The average molecular weight is 265 g/mol. The van der Waals surface area contributed by atoms with Gasteiger partial charge in [0.05, 0.1) is 5.88 Å². The van der Waals surface area contributed by atoms with Crippen molar-refractivity contribution in [3.63, 3.8) is 0 Å². The van der Waals surface area contributed by atoms with E-state index in [4.69, 9.17) is 21.8 Å². The van der Waals surface area contributed by atoms with Crippen molar-refractivity contribution in [2.24, 2.45) is 0 Å². The Morgan fingerprint density at radius 3 is 1.94 bits per heavy atom. The smallest absolute Gasteiger partial charge is 0.119 e. The Morgan fingerprint density at radius 2 is 1.50 bits per heavy atom. The molecule has 2 N–H and O–H groups in total. The van der Waals surface area contributed by atoms with Crippen LogP contribution in [0.15, 0.2) is 42.5 Å². The molecule has 2 aromatic rings. The third-order valence-electron chi connectivity index (χ3n) is 2.71. The standard InChI is InChI=1S/C8H10O.C7H7ClO/c1-6-4-3-5-8(9)7(6)2;8-5-6-3-1-2-4-7(6)9/h3-5,9H,1-2H3;1-4,9H,5H2. The molecule has 2 nitrogen and oxygen atoms in total. The molecule has 0 bridgehead atoms. The molecule has 0 heterocycles. The lowest BCUT2D eigenvalue weighted by Gasteiger charge is -1.99. The first-order valence-corrected chi connectivity index (χ1v) is 6.17. The first kappa shape index (κ1) is 14.4. The van der Waals surface area contributed by atoms with Crippen LogP contribution in [0, 0.1) is 13.8 Å². The quantitative estimate of drug-likeness (QED) is 0.760. The zero-order valence-corrected chi connectivity index (χ0v) is 11.3. The monoisotopic (exact) mass is 264 g/mol. The molecule has 0 spiro atoms. The Kier molecular flexibility index (Phi) is 5.53.